The molecule has 0 atom stereocenters. The Labute approximate surface area is 113 Å². The summed E-state index contributed by atoms with van der Waals surface area (Å²) in [6.45, 7) is 6.56. The number of carbonyl (C=O) groups is 1. The van der Waals surface area contributed by atoms with Crippen LogP contribution in [0, 0.1) is 5.82 Å². The molecule has 0 aromatic heterocycles. The smallest absolute Gasteiger partial charge is 0.221 e. The Bertz CT molecular complexity index is 442. The minimum absolute atomic E-state index is 0.0385. The molecule has 4 nitrogen and oxygen atoms in total. The van der Waals surface area contributed by atoms with Gasteiger partial charge in [0.25, 0.3) is 0 Å². The summed E-state index contributed by atoms with van der Waals surface area (Å²) in [6, 6.07) is 3.80. The average molecular weight is 268 g/mol. The lowest BCUT2D eigenvalue weighted by atomic mass is 10.1. The number of phenolic OH excluding ortho intramolecular Hbond substituents is 1. The number of amides is 1. The third-order valence-electron chi connectivity index (χ3n) is 2.40. The van der Waals surface area contributed by atoms with E-state index in [0.717, 1.165) is 0 Å². The van der Waals surface area contributed by atoms with E-state index in [1.54, 1.807) is 0 Å². The number of rotatable bonds is 5. The van der Waals surface area contributed by atoms with Gasteiger partial charge in [-0.05, 0) is 39.0 Å². The van der Waals surface area contributed by atoms with Crippen molar-refractivity contribution in [3.63, 3.8) is 0 Å². The second-order valence-corrected chi connectivity index (χ2v) is 5.50. The minimum atomic E-state index is -0.389. The zero-order valence-corrected chi connectivity index (χ0v) is 11.6. The monoisotopic (exact) mass is 268 g/mol. The van der Waals surface area contributed by atoms with E-state index in [0.29, 0.717) is 25.1 Å². The van der Waals surface area contributed by atoms with Gasteiger partial charge in [-0.1, -0.05) is 0 Å². The molecule has 19 heavy (non-hydrogen) atoms. The fourth-order valence-electron chi connectivity index (χ4n) is 1.60. The van der Waals surface area contributed by atoms with Crippen molar-refractivity contribution in [3.8, 4) is 5.75 Å². The van der Waals surface area contributed by atoms with E-state index in [2.05, 4.69) is 10.6 Å². The fraction of sp³-hybridized carbons (Fsp3) is 0.500. The van der Waals surface area contributed by atoms with Crippen LogP contribution in [0.4, 0.5) is 4.39 Å². The van der Waals surface area contributed by atoms with E-state index in [1.807, 2.05) is 20.8 Å². The maximum atomic E-state index is 13.0. The highest BCUT2D eigenvalue weighted by molar-refractivity contribution is 5.76. The zero-order chi connectivity index (χ0) is 14.5. The number of halogens is 1. The molecule has 0 fully saturated rings. The minimum Gasteiger partial charge on any atom is -0.508 e. The standard InChI is InChI=1S/C14H21FN2O2/c1-14(2,3)17-13(19)6-7-16-9-10-8-11(15)4-5-12(10)18/h4-5,8,16,18H,6-7,9H2,1-3H3,(H,17,19). The summed E-state index contributed by atoms with van der Waals surface area (Å²) >= 11 is 0. The molecule has 0 aliphatic rings. The lowest BCUT2D eigenvalue weighted by molar-refractivity contribution is -0.122. The summed E-state index contributed by atoms with van der Waals surface area (Å²) in [5, 5.41) is 15.4. The van der Waals surface area contributed by atoms with Crippen LogP contribution in [0.1, 0.15) is 32.8 Å². The van der Waals surface area contributed by atoms with Gasteiger partial charge >= 0.3 is 0 Å². The van der Waals surface area contributed by atoms with Crippen molar-refractivity contribution >= 4 is 5.91 Å². The van der Waals surface area contributed by atoms with Crippen molar-refractivity contribution in [2.45, 2.75) is 39.3 Å². The van der Waals surface area contributed by atoms with Gasteiger partial charge in [0.1, 0.15) is 11.6 Å². The largest absolute Gasteiger partial charge is 0.508 e. The number of benzene rings is 1. The first-order valence-electron chi connectivity index (χ1n) is 6.27. The van der Waals surface area contributed by atoms with Crippen LogP contribution in [0.15, 0.2) is 18.2 Å². The first-order chi connectivity index (χ1) is 8.78. The third-order valence-corrected chi connectivity index (χ3v) is 2.40. The molecule has 0 saturated carbocycles. The molecule has 1 rings (SSSR count). The first kappa shape index (κ1) is 15.4. The Morgan fingerprint density at radius 2 is 2.05 bits per heavy atom. The molecule has 0 saturated heterocycles. The molecule has 1 amide bonds. The van der Waals surface area contributed by atoms with Crippen molar-refractivity contribution in [1.29, 1.82) is 0 Å². The molecule has 3 N–H and O–H groups in total. The summed E-state index contributed by atoms with van der Waals surface area (Å²) in [7, 11) is 0. The van der Waals surface area contributed by atoms with Crippen LogP contribution in [0.3, 0.4) is 0 Å². The lowest BCUT2D eigenvalue weighted by Crippen LogP contribution is -2.41. The van der Waals surface area contributed by atoms with Crippen LogP contribution in [-0.2, 0) is 11.3 Å². The SMILES string of the molecule is CC(C)(C)NC(=O)CCNCc1cc(F)ccc1O. The van der Waals surface area contributed by atoms with Gasteiger partial charge in [-0.2, -0.15) is 0 Å². The van der Waals surface area contributed by atoms with Gasteiger partial charge in [0.15, 0.2) is 0 Å². The molecule has 0 aliphatic heterocycles. The van der Waals surface area contributed by atoms with Gasteiger partial charge < -0.3 is 15.7 Å². The van der Waals surface area contributed by atoms with E-state index < -0.39 is 0 Å². The average Bonchev–Trinajstić information content (AvgIpc) is 2.26. The topological polar surface area (TPSA) is 61.4 Å². The highest BCUT2D eigenvalue weighted by atomic mass is 19.1. The molecule has 0 heterocycles. The van der Waals surface area contributed by atoms with Crippen molar-refractivity contribution in [3.05, 3.63) is 29.6 Å². The number of aromatic hydroxyl groups is 1. The van der Waals surface area contributed by atoms with Gasteiger partial charge in [-0.3, -0.25) is 4.79 Å². The summed E-state index contributed by atoms with van der Waals surface area (Å²) in [6.07, 6.45) is 0.341. The van der Waals surface area contributed by atoms with E-state index in [-0.39, 0.29) is 23.0 Å². The van der Waals surface area contributed by atoms with Crippen LogP contribution in [0.2, 0.25) is 0 Å². The number of phenols is 1. The molecule has 0 radical (unpaired) electrons. The van der Waals surface area contributed by atoms with Gasteiger partial charge in [0, 0.05) is 30.6 Å². The van der Waals surface area contributed by atoms with E-state index in [4.69, 9.17) is 0 Å². The van der Waals surface area contributed by atoms with Crippen LogP contribution < -0.4 is 10.6 Å². The van der Waals surface area contributed by atoms with E-state index in [1.165, 1.54) is 18.2 Å². The van der Waals surface area contributed by atoms with Crippen LogP contribution >= 0.6 is 0 Å². The van der Waals surface area contributed by atoms with E-state index in [9.17, 15) is 14.3 Å². The van der Waals surface area contributed by atoms with E-state index >= 15 is 0 Å². The summed E-state index contributed by atoms with van der Waals surface area (Å²) in [5.74, 6) is -0.378. The quantitative estimate of drug-likeness (QED) is 0.715. The molecule has 1 aromatic carbocycles. The third kappa shape index (κ3) is 6.20. The molecule has 5 heteroatoms. The van der Waals surface area contributed by atoms with Crippen LogP contribution in [0.25, 0.3) is 0 Å². The molecular weight excluding hydrogens is 247 g/mol. The number of carbonyl (C=O) groups excluding carboxylic acids is 1. The number of hydrogen-bond acceptors (Lipinski definition) is 3. The summed E-state index contributed by atoms with van der Waals surface area (Å²) in [5.41, 5.74) is 0.244. The van der Waals surface area contributed by atoms with Gasteiger partial charge in [-0.15, -0.1) is 0 Å². The van der Waals surface area contributed by atoms with Gasteiger partial charge in [-0.25, -0.2) is 4.39 Å². The Morgan fingerprint density at radius 1 is 1.37 bits per heavy atom. The normalized spacial score (nSPS) is 11.4. The Hall–Kier alpha value is -1.62. The Morgan fingerprint density at radius 3 is 2.68 bits per heavy atom. The molecule has 0 unspecified atom stereocenters. The van der Waals surface area contributed by atoms with Crippen molar-refractivity contribution < 1.29 is 14.3 Å². The lowest BCUT2D eigenvalue weighted by Gasteiger charge is -2.20. The number of nitrogens with one attached hydrogen (secondary N) is 2. The number of hydrogen-bond donors (Lipinski definition) is 3. The second kappa shape index (κ2) is 6.52. The molecule has 1 aromatic rings. The highest BCUT2D eigenvalue weighted by Gasteiger charge is 2.12. The first-order valence-corrected chi connectivity index (χ1v) is 6.27. The fourth-order valence-corrected chi connectivity index (χ4v) is 1.60. The van der Waals surface area contributed by atoms with Crippen molar-refractivity contribution in [2.75, 3.05) is 6.54 Å². The second-order valence-electron chi connectivity index (χ2n) is 5.50. The Kier molecular flexibility index (Phi) is 5.30. The maximum absolute atomic E-state index is 13.0. The predicted molar refractivity (Wildman–Crippen MR) is 72.3 cm³/mol. The van der Waals surface area contributed by atoms with Gasteiger partial charge in [0.2, 0.25) is 5.91 Å². The highest BCUT2D eigenvalue weighted by Crippen LogP contribution is 2.17. The van der Waals surface area contributed by atoms with Gasteiger partial charge in [0.05, 0.1) is 0 Å². The maximum Gasteiger partial charge on any atom is 0.221 e. The molecular formula is C14H21FN2O2. The molecule has 0 aliphatic carbocycles. The summed E-state index contributed by atoms with van der Waals surface area (Å²) in [4.78, 5) is 11.5. The molecule has 0 spiro atoms. The zero-order valence-electron chi connectivity index (χ0n) is 11.6. The Balaban J connectivity index is 2.31. The molecule has 106 valence electrons. The van der Waals surface area contributed by atoms with Crippen molar-refractivity contribution in [2.24, 2.45) is 0 Å². The molecule has 0 bridgehead atoms. The van der Waals surface area contributed by atoms with Crippen molar-refractivity contribution in [1.82, 2.24) is 10.6 Å². The summed E-state index contributed by atoms with van der Waals surface area (Å²) < 4.78 is 13.0. The predicted octanol–water partition coefficient (Wildman–Crippen LogP) is 1.93. The van der Waals surface area contributed by atoms with Crippen LogP contribution in [-0.4, -0.2) is 23.1 Å². The van der Waals surface area contributed by atoms with Crippen LogP contribution in [0.5, 0.6) is 5.75 Å².